The largest absolute Gasteiger partial charge is 0.419 e. The Morgan fingerprint density at radius 2 is 1.97 bits per heavy atom. The van der Waals surface area contributed by atoms with Crippen LogP contribution in [-0.4, -0.2) is 44.1 Å². The maximum Gasteiger partial charge on any atom is 0.419 e. The van der Waals surface area contributed by atoms with Crippen molar-refractivity contribution in [2.45, 2.75) is 17.7 Å². The van der Waals surface area contributed by atoms with E-state index < -0.39 is 15.8 Å². The predicted octanol–water partition coefficient (Wildman–Crippen LogP) is 1.97. The maximum absolute atomic E-state index is 12.7. The van der Waals surface area contributed by atoms with Gasteiger partial charge in [0.2, 0.25) is 10.0 Å². The quantitative estimate of drug-likeness (QED) is 0.638. The average molecular weight is 416 g/mol. The van der Waals surface area contributed by atoms with Gasteiger partial charge in [0.15, 0.2) is 5.58 Å². The summed E-state index contributed by atoms with van der Waals surface area (Å²) in [5, 5.41) is 0. The summed E-state index contributed by atoms with van der Waals surface area (Å²) in [5.74, 6) is -0.219. The Labute approximate surface area is 170 Å². The zero-order chi connectivity index (χ0) is 20.4. The summed E-state index contributed by atoms with van der Waals surface area (Å²) >= 11 is 0. The van der Waals surface area contributed by atoms with Crippen molar-refractivity contribution < 1.29 is 12.8 Å². The molecule has 0 unspecified atom stereocenters. The lowest BCUT2D eigenvalue weighted by Gasteiger charge is -2.16. The van der Waals surface area contributed by atoms with Gasteiger partial charge in [0.05, 0.1) is 10.4 Å². The van der Waals surface area contributed by atoms with E-state index in [0.717, 1.165) is 32.5 Å². The number of aromatic nitrogens is 1. The van der Waals surface area contributed by atoms with E-state index in [1.807, 2.05) is 6.07 Å². The number of rotatable bonds is 7. The molecular formula is C21H25N3O4S. The van der Waals surface area contributed by atoms with E-state index in [9.17, 15) is 13.2 Å². The fraction of sp³-hybridized carbons (Fsp3) is 0.381. The monoisotopic (exact) mass is 415 g/mol. The van der Waals surface area contributed by atoms with Gasteiger partial charge in [0, 0.05) is 32.7 Å². The van der Waals surface area contributed by atoms with Crippen LogP contribution in [0.4, 0.5) is 0 Å². The number of benzene rings is 2. The van der Waals surface area contributed by atoms with E-state index in [2.05, 4.69) is 33.9 Å². The Morgan fingerprint density at radius 1 is 1.17 bits per heavy atom. The molecule has 154 valence electrons. The number of sulfonamides is 1. The minimum Gasteiger partial charge on any atom is -0.408 e. The van der Waals surface area contributed by atoms with Crippen LogP contribution in [0.15, 0.2) is 62.6 Å². The predicted molar refractivity (Wildman–Crippen MR) is 111 cm³/mol. The number of nitrogens with one attached hydrogen (secondary N) is 1. The molecule has 1 aromatic heterocycles. The first-order valence-electron chi connectivity index (χ1n) is 9.78. The highest BCUT2D eigenvalue weighted by Crippen LogP contribution is 2.20. The summed E-state index contributed by atoms with van der Waals surface area (Å²) in [6.45, 7) is 3.26. The molecule has 0 saturated carbocycles. The van der Waals surface area contributed by atoms with Crippen molar-refractivity contribution in [1.82, 2.24) is 14.2 Å². The Morgan fingerprint density at radius 3 is 2.76 bits per heavy atom. The Kier molecular flexibility index (Phi) is 5.58. The summed E-state index contributed by atoms with van der Waals surface area (Å²) in [6.07, 6.45) is 1.98. The number of fused-ring (bicyclic) bond motifs is 1. The molecule has 7 nitrogen and oxygen atoms in total. The van der Waals surface area contributed by atoms with Gasteiger partial charge in [-0.2, -0.15) is 0 Å². The van der Waals surface area contributed by atoms with Crippen LogP contribution in [0.1, 0.15) is 12.0 Å². The Balaban J connectivity index is 1.33. The first-order valence-corrected chi connectivity index (χ1v) is 11.3. The van der Waals surface area contributed by atoms with E-state index in [4.69, 9.17) is 4.42 Å². The molecule has 2 heterocycles. The molecule has 1 N–H and O–H groups in total. The van der Waals surface area contributed by atoms with E-state index in [-0.39, 0.29) is 10.5 Å². The second-order valence-electron chi connectivity index (χ2n) is 7.60. The summed E-state index contributed by atoms with van der Waals surface area (Å²) in [5.41, 5.74) is 2.16. The third kappa shape index (κ3) is 4.44. The van der Waals surface area contributed by atoms with Crippen LogP contribution >= 0.6 is 0 Å². The lowest BCUT2D eigenvalue weighted by Crippen LogP contribution is -2.31. The van der Waals surface area contributed by atoms with E-state index >= 15 is 0 Å². The van der Waals surface area contributed by atoms with Gasteiger partial charge in [-0.05, 0) is 43.0 Å². The van der Waals surface area contributed by atoms with Gasteiger partial charge in [-0.1, -0.05) is 30.3 Å². The van der Waals surface area contributed by atoms with Crippen molar-refractivity contribution >= 4 is 21.1 Å². The first kappa shape index (κ1) is 19.9. The van der Waals surface area contributed by atoms with Gasteiger partial charge in [-0.25, -0.2) is 17.9 Å². The van der Waals surface area contributed by atoms with Crippen molar-refractivity contribution in [3.05, 3.63) is 64.6 Å². The topological polar surface area (TPSA) is 84.5 Å². The lowest BCUT2D eigenvalue weighted by molar-refractivity contribution is 0.328. The van der Waals surface area contributed by atoms with Gasteiger partial charge in [0.25, 0.3) is 0 Å². The number of aryl methyl sites for hydroxylation is 1. The zero-order valence-electron chi connectivity index (χ0n) is 16.4. The highest BCUT2D eigenvalue weighted by molar-refractivity contribution is 7.89. The molecule has 0 radical (unpaired) electrons. The van der Waals surface area contributed by atoms with Crippen LogP contribution in [0, 0.1) is 5.92 Å². The molecule has 8 heteroatoms. The smallest absolute Gasteiger partial charge is 0.408 e. The highest BCUT2D eigenvalue weighted by atomic mass is 32.2. The second-order valence-corrected chi connectivity index (χ2v) is 9.37. The molecule has 3 aromatic rings. The number of hydrogen-bond acceptors (Lipinski definition) is 5. The average Bonchev–Trinajstić information content (AvgIpc) is 3.30. The molecule has 1 saturated heterocycles. The minimum atomic E-state index is -3.66. The molecule has 0 spiro atoms. The third-order valence-electron chi connectivity index (χ3n) is 5.57. The molecule has 1 atom stereocenters. The summed E-state index contributed by atoms with van der Waals surface area (Å²) < 4.78 is 34.5. The SMILES string of the molecule is Cn1c(=O)oc2cc(S(=O)(=O)NC[C@H]3CCN(CCc4ccccc4)C3)ccc21. The molecule has 0 amide bonds. The fourth-order valence-electron chi connectivity index (χ4n) is 3.81. The van der Waals surface area contributed by atoms with E-state index in [1.165, 1.54) is 22.3 Å². The molecule has 1 fully saturated rings. The first-order chi connectivity index (χ1) is 13.9. The van der Waals surface area contributed by atoms with Gasteiger partial charge in [0.1, 0.15) is 0 Å². The Bertz CT molecular complexity index is 1150. The van der Waals surface area contributed by atoms with Crippen LogP contribution in [0.25, 0.3) is 11.1 Å². The summed E-state index contributed by atoms with van der Waals surface area (Å²) in [7, 11) is -2.07. The third-order valence-corrected chi connectivity index (χ3v) is 6.99. The van der Waals surface area contributed by atoms with Gasteiger partial charge >= 0.3 is 5.76 Å². The number of nitrogens with zero attached hydrogens (tertiary/aromatic N) is 2. The van der Waals surface area contributed by atoms with Crippen molar-refractivity contribution in [2.24, 2.45) is 13.0 Å². The number of likely N-dealkylation sites (tertiary alicyclic amines) is 1. The van der Waals surface area contributed by atoms with Crippen LogP contribution in [-0.2, 0) is 23.5 Å². The molecule has 1 aliphatic heterocycles. The van der Waals surface area contributed by atoms with Crippen molar-refractivity contribution in [1.29, 1.82) is 0 Å². The minimum absolute atomic E-state index is 0.110. The molecule has 0 bridgehead atoms. The van der Waals surface area contributed by atoms with Crippen molar-refractivity contribution in [3.8, 4) is 0 Å². The zero-order valence-corrected chi connectivity index (χ0v) is 17.2. The van der Waals surface area contributed by atoms with Gasteiger partial charge < -0.3 is 9.32 Å². The fourth-order valence-corrected chi connectivity index (χ4v) is 4.94. The number of oxazole rings is 1. The van der Waals surface area contributed by atoms with Crippen LogP contribution < -0.4 is 10.5 Å². The van der Waals surface area contributed by atoms with Crippen molar-refractivity contribution in [3.63, 3.8) is 0 Å². The van der Waals surface area contributed by atoms with E-state index in [1.54, 1.807) is 13.1 Å². The van der Waals surface area contributed by atoms with Crippen LogP contribution in [0.3, 0.4) is 0 Å². The molecule has 4 rings (SSSR count). The van der Waals surface area contributed by atoms with Gasteiger partial charge in [-0.3, -0.25) is 4.57 Å². The molecule has 1 aliphatic rings. The summed E-state index contributed by atoms with van der Waals surface area (Å²) in [4.78, 5) is 14.1. The van der Waals surface area contributed by atoms with E-state index in [0.29, 0.717) is 18.0 Å². The normalized spacial score (nSPS) is 17.9. The van der Waals surface area contributed by atoms with Crippen molar-refractivity contribution in [2.75, 3.05) is 26.2 Å². The highest BCUT2D eigenvalue weighted by Gasteiger charge is 2.24. The molecular weight excluding hydrogens is 390 g/mol. The molecule has 29 heavy (non-hydrogen) atoms. The lowest BCUT2D eigenvalue weighted by atomic mass is 10.1. The summed E-state index contributed by atoms with van der Waals surface area (Å²) in [6, 6.07) is 14.9. The Hall–Kier alpha value is -2.42. The molecule has 0 aliphatic carbocycles. The number of hydrogen-bond donors (Lipinski definition) is 1. The second kappa shape index (κ2) is 8.14. The molecule has 2 aromatic carbocycles. The maximum atomic E-state index is 12.7. The van der Waals surface area contributed by atoms with Gasteiger partial charge in [-0.15, -0.1) is 0 Å². The van der Waals surface area contributed by atoms with Crippen LogP contribution in [0.2, 0.25) is 0 Å². The standard InChI is InChI=1S/C21H25N3O4S/c1-23-19-8-7-18(13-20(19)28-21(23)25)29(26,27)22-14-17-10-12-24(15-17)11-9-16-5-3-2-4-6-16/h2-8,13,17,22H,9-12,14-15H2,1H3/t17-/m1/s1. The van der Waals surface area contributed by atoms with Crippen LogP contribution in [0.5, 0.6) is 0 Å².